The Hall–Kier alpha value is -4.70. The summed E-state index contributed by atoms with van der Waals surface area (Å²) in [6, 6.07) is 20.8. The van der Waals surface area contributed by atoms with Crippen LogP contribution < -0.4 is 10.1 Å². The number of anilines is 1. The fourth-order valence-electron chi connectivity index (χ4n) is 2.74. The second-order valence-corrected chi connectivity index (χ2v) is 6.80. The van der Waals surface area contributed by atoms with Crippen LogP contribution in [0.1, 0.15) is 31.8 Å². The molecule has 0 atom stereocenters. The van der Waals surface area contributed by atoms with Crippen LogP contribution >= 0.6 is 0 Å². The van der Waals surface area contributed by atoms with Gasteiger partial charge in [0.25, 0.3) is 5.91 Å². The Morgan fingerprint density at radius 3 is 2.19 bits per heavy atom. The third-order valence-electron chi connectivity index (χ3n) is 4.46. The number of esters is 1. The molecule has 0 heterocycles. The SMILES string of the molecule is Cc1ccc(C(=O)Oc2ccccc2/C=C(\C#N)C(=O)Nc2ccc(C(=O)O)cc2)cc1. The first-order valence-electron chi connectivity index (χ1n) is 9.52. The van der Waals surface area contributed by atoms with E-state index < -0.39 is 17.8 Å². The number of carbonyl (C=O) groups excluding carboxylic acids is 2. The normalized spacial score (nSPS) is 10.7. The molecule has 0 unspecified atom stereocenters. The molecule has 0 aliphatic rings. The van der Waals surface area contributed by atoms with E-state index >= 15 is 0 Å². The number of hydrogen-bond donors (Lipinski definition) is 2. The molecule has 0 fully saturated rings. The Morgan fingerprint density at radius 2 is 1.56 bits per heavy atom. The third-order valence-corrected chi connectivity index (χ3v) is 4.46. The number of hydrogen-bond acceptors (Lipinski definition) is 5. The molecule has 0 saturated carbocycles. The zero-order valence-electron chi connectivity index (χ0n) is 17.0. The number of para-hydroxylation sites is 1. The van der Waals surface area contributed by atoms with E-state index in [1.54, 1.807) is 48.5 Å². The highest BCUT2D eigenvalue weighted by atomic mass is 16.5. The van der Waals surface area contributed by atoms with Gasteiger partial charge in [0.2, 0.25) is 0 Å². The predicted octanol–water partition coefficient (Wildman–Crippen LogP) is 4.46. The molecule has 2 N–H and O–H groups in total. The van der Waals surface area contributed by atoms with Gasteiger partial charge in [-0.3, -0.25) is 4.79 Å². The number of aromatic carboxylic acids is 1. The monoisotopic (exact) mass is 426 g/mol. The summed E-state index contributed by atoms with van der Waals surface area (Å²) in [7, 11) is 0. The van der Waals surface area contributed by atoms with E-state index in [1.807, 2.05) is 13.0 Å². The van der Waals surface area contributed by atoms with Crippen LogP contribution in [0, 0.1) is 18.3 Å². The molecule has 158 valence electrons. The first-order chi connectivity index (χ1) is 15.4. The summed E-state index contributed by atoms with van der Waals surface area (Å²) in [5, 5.41) is 21.0. The molecule has 7 heteroatoms. The van der Waals surface area contributed by atoms with Crippen molar-refractivity contribution in [1.82, 2.24) is 0 Å². The minimum absolute atomic E-state index is 0.0726. The minimum atomic E-state index is -1.09. The zero-order valence-corrected chi connectivity index (χ0v) is 17.0. The highest BCUT2D eigenvalue weighted by molar-refractivity contribution is 6.10. The summed E-state index contributed by atoms with van der Waals surface area (Å²) >= 11 is 0. The molecule has 0 bridgehead atoms. The Kier molecular flexibility index (Phi) is 6.78. The van der Waals surface area contributed by atoms with Crippen LogP contribution in [0.4, 0.5) is 5.69 Å². The largest absolute Gasteiger partial charge is 0.478 e. The molecule has 3 aromatic rings. The fraction of sp³-hybridized carbons (Fsp3) is 0.0400. The smallest absolute Gasteiger partial charge is 0.343 e. The maximum absolute atomic E-state index is 12.5. The number of rotatable bonds is 6. The number of nitriles is 1. The van der Waals surface area contributed by atoms with Crippen molar-refractivity contribution in [3.63, 3.8) is 0 Å². The lowest BCUT2D eigenvalue weighted by Gasteiger charge is -2.09. The van der Waals surface area contributed by atoms with Crippen molar-refractivity contribution in [2.24, 2.45) is 0 Å². The molecular weight excluding hydrogens is 408 g/mol. The molecule has 0 aliphatic carbocycles. The second kappa shape index (κ2) is 9.87. The standard InChI is InChI=1S/C25H18N2O5/c1-16-6-8-18(9-7-16)25(31)32-22-5-3-2-4-19(22)14-20(15-26)23(28)27-21-12-10-17(11-13-21)24(29)30/h2-14H,1H3,(H,27,28)(H,29,30)/b20-14+. The van der Waals surface area contributed by atoms with Gasteiger partial charge >= 0.3 is 11.9 Å². The van der Waals surface area contributed by atoms with Crippen LogP contribution in [0.5, 0.6) is 5.75 Å². The summed E-state index contributed by atoms with van der Waals surface area (Å²) < 4.78 is 5.47. The Bertz CT molecular complexity index is 1240. The number of nitrogens with one attached hydrogen (secondary N) is 1. The van der Waals surface area contributed by atoms with Gasteiger partial charge in [-0.25, -0.2) is 9.59 Å². The lowest BCUT2D eigenvalue weighted by atomic mass is 10.1. The maximum atomic E-state index is 12.5. The van der Waals surface area contributed by atoms with Gasteiger partial charge in [0.05, 0.1) is 11.1 Å². The summed E-state index contributed by atoms with van der Waals surface area (Å²) in [6.07, 6.45) is 1.32. The number of carbonyl (C=O) groups is 3. The van der Waals surface area contributed by atoms with E-state index in [9.17, 15) is 19.6 Å². The van der Waals surface area contributed by atoms with Gasteiger partial charge in [0.15, 0.2) is 0 Å². The number of carboxylic acid groups (broad SMARTS) is 1. The van der Waals surface area contributed by atoms with Crippen LogP contribution in [0.2, 0.25) is 0 Å². The number of carboxylic acids is 1. The van der Waals surface area contributed by atoms with Gasteiger partial charge in [0.1, 0.15) is 17.4 Å². The van der Waals surface area contributed by atoms with Gasteiger partial charge in [-0.2, -0.15) is 5.26 Å². The molecule has 0 aromatic heterocycles. The summed E-state index contributed by atoms with van der Waals surface area (Å²) in [6.45, 7) is 1.91. The summed E-state index contributed by atoms with van der Waals surface area (Å²) in [4.78, 5) is 35.9. The molecule has 1 amide bonds. The van der Waals surface area contributed by atoms with Crippen molar-refractivity contribution < 1.29 is 24.2 Å². The van der Waals surface area contributed by atoms with Crippen LogP contribution in [-0.4, -0.2) is 23.0 Å². The van der Waals surface area contributed by atoms with Crippen molar-refractivity contribution >= 4 is 29.6 Å². The number of amides is 1. The van der Waals surface area contributed by atoms with E-state index in [4.69, 9.17) is 9.84 Å². The second-order valence-electron chi connectivity index (χ2n) is 6.80. The molecule has 0 saturated heterocycles. The lowest BCUT2D eigenvalue weighted by molar-refractivity contribution is -0.112. The van der Waals surface area contributed by atoms with Crippen molar-refractivity contribution in [1.29, 1.82) is 5.26 Å². The molecule has 3 aromatic carbocycles. The number of ether oxygens (including phenoxy) is 1. The van der Waals surface area contributed by atoms with Gasteiger partial charge in [-0.15, -0.1) is 0 Å². The number of aryl methyl sites for hydroxylation is 1. The van der Waals surface area contributed by atoms with Crippen molar-refractivity contribution in [3.8, 4) is 11.8 Å². The zero-order chi connectivity index (χ0) is 23.1. The molecule has 3 rings (SSSR count). The van der Waals surface area contributed by atoms with Crippen molar-refractivity contribution in [2.75, 3.05) is 5.32 Å². The number of nitrogens with zero attached hydrogens (tertiary/aromatic N) is 1. The van der Waals surface area contributed by atoms with Crippen LogP contribution in [0.15, 0.2) is 78.4 Å². The molecule has 0 aliphatic heterocycles. The van der Waals surface area contributed by atoms with E-state index in [0.29, 0.717) is 16.8 Å². The molecule has 32 heavy (non-hydrogen) atoms. The highest BCUT2D eigenvalue weighted by Crippen LogP contribution is 2.23. The molecule has 0 spiro atoms. The van der Waals surface area contributed by atoms with E-state index in [-0.39, 0.29) is 16.9 Å². The van der Waals surface area contributed by atoms with Crippen LogP contribution in [0.3, 0.4) is 0 Å². The maximum Gasteiger partial charge on any atom is 0.343 e. The van der Waals surface area contributed by atoms with E-state index in [2.05, 4.69) is 5.32 Å². The molecular formula is C25H18N2O5. The van der Waals surface area contributed by atoms with Crippen LogP contribution in [-0.2, 0) is 4.79 Å². The molecule has 7 nitrogen and oxygen atoms in total. The fourth-order valence-corrected chi connectivity index (χ4v) is 2.74. The highest BCUT2D eigenvalue weighted by Gasteiger charge is 2.14. The first kappa shape index (κ1) is 22.0. The van der Waals surface area contributed by atoms with E-state index in [0.717, 1.165) is 5.56 Å². The van der Waals surface area contributed by atoms with Gasteiger partial charge in [0, 0.05) is 11.3 Å². The minimum Gasteiger partial charge on any atom is -0.478 e. The third kappa shape index (κ3) is 5.46. The Balaban J connectivity index is 1.80. The Morgan fingerprint density at radius 1 is 0.938 bits per heavy atom. The average molecular weight is 426 g/mol. The van der Waals surface area contributed by atoms with Gasteiger partial charge in [-0.05, 0) is 55.5 Å². The van der Waals surface area contributed by atoms with Crippen molar-refractivity contribution in [3.05, 3.63) is 101 Å². The topological polar surface area (TPSA) is 116 Å². The lowest BCUT2D eigenvalue weighted by Crippen LogP contribution is -2.14. The number of benzene rings is 3. The predicted molar refractivity (Wildman–Crippen MR) is 118 cm³/mol. The van der Waals surface area contributed by atoms with Gasteiger partial charge < -0.3 is 15.2 Å². The van der Waals surface area contributed by atoms with E-state index in [1.165, 1.54) is 30.3 Å². The first-order valence-corrected chi connectivity index (χ1v) is 9.52. The summed E-state index contributed by atoms with van der Waals surface area (Å²) in [5.74, 6) is -2.13. The van der Waals surface area contributed by atoms with Crippen molar-refractivity contribution in [2.45, 2.75) is 6.92 Å². The Labute approximate surface area is 184 Å². The van der Waals surface area contributed by atoms with Gasteiger partial charge in [-0.1, -0.05) is 35.9 Å². The molecule has 0 radical (unpaired) electrons. The summed E-state index contributed by atoms with van der Waals surface area (Å²) in [5.41, 5.74) is 1.94. The average Bonchev–Trinajstić information content (AvgIpc) is 2.79. The quantitative estimate of drug-likeness (QED) is 0.260. The van der Waals surface area contributed by atoms with Crippen LogP contribution in [0.25, 0.3) is 6.08 Å².